The number of nitrogens with one attached hydrogen (secondary N) is 3. The van der Waals surface area contributed by atoms with Gasteiger partial charge in [0.05, 0.1) is 12.2 Å². The molecule has 11 atom stereocenters. The molecule has 8 heteroatoms. The van der Waals surface area contributed by atoms with Gasteiger partial charge in [-0.1, -0.05) is 20.8 Å². The van der Waals surface area contributed by atoms with Crippen LogP contribution in [-0.4, -0.2) is 78.8 Å². The summed E-state index contributed by atoms with van der Waals surface area (Å²) >= 11 is 0. The molecule has 0 saturated heterocycles. The first-order valence-electron chi connectivity index (χ1n) is 17.6. The summed E-state index contributed by atoms with van der Waals surface area (Å²) in [5.74, 6) is 1.32. The van der Waals surface area contributed by atoms with Gasteiger partial charge < -0.3 is 37.0 Å². The normalized spacial score (nSPS) is 40.2. The van der Waals surface area contributed by atoms with Crippen molar-refractivity contribution in [1.82, 2.24) is 16.0 Å². The van der Waals surface area contributed by atoms with Gasteiger partial charge >= 0.3 is 5.97 Å². The second-order valence-electron chi connectivity index (χ2n) is 15.1. The predicted molar refractivity (Wildman–Crippen MR) is 169 cm³/mol. The minimum absolute atomic E-state index is 0.179. The lowest BCUT2D eigenvalue weighted by atomic mass is 9.43. The summed E-state index contributed by atoms with van der Waals surface area (Å²) in [4.78, 5) is 11.2. The van der Waals surface area contributed by atoms with Crippen molar-refractivity contribution in [3.63, 3.8) is 0 Å². The fourth-order valence-corrected chi connectivity index (χ4v) is 10.4. The summed E-state index contributed by atoms with van der Waals surface area (Å²) in [6.07, 6.45) is 12.1. The van der Waals surface area contributed by atoms with Gasteiger partial charge in [-0.3, -0.25) is 4.79 Å². The molecule has 0 heterocycles. The largest absolute Gasteiger partial charge is 0.481 e. The van der Waals surface area contributed by atoms with Crippen LogP contribution in [-0.2, 0) is 4.79 Å². The number of carboxylic acids is 1. The van der Waals surface area contributed by atoms with Gasteiger partial charge in [0, 0.05) is 12.5 Å². The molecule has 8 N–H and O–H groups in total. The summed E-state index contributed by atoms with van der Waals surface area (Å²) in [5.41, 5.74) is 5.48. The van der Waals surface area contributed by atoms with E-state index in [0.29, 0.717) is 36.1 Å². The highest BCUT2D eigenvalue weighted by molar-refractivity contribution is 5.66. The van der Waals surface area contributed by atoms with E-state index in [0.717, 1.165) is 84.2 Å². The SMILES string of the molecule is CC(CCC(=O)O)[C@H]1CCC2C3C(C[C@H](O)[C@@]21C)[C@@]1(C)CC[C@H](NCCCNCCCCNCCCN)C[C@H]1C[C@H]3O. The molecule has 0 aliphatic heterocycles. The minimum atomic E-state index is -0.733. The third-order valence-corrected chi connectivity index (χ3v) is 12.8. The van der Waals surface area contributed by atoms with Crippen molar-refractivity contribution < 1.29 is 20.1 Å². The zero-order valence-electron chi connectivity index (χ0n) is 27.0. The third-order valence-electron chi connectivity index (χ3n) is 12.8. The Bertz CT molecular complexity index is 846. The standard InChI is InChI=1S/C34H64N4O4/c1-23(8-11-31(41)42)26-9-10-27-32-28(22-30(40)34(26,27)3)33(2)13-12-25(20-24(33)21-29(32)39)38-19-7-18-37-16-5-4-15-36-17-6-14-35/h23-30,32,36-40H,4-22,35H2,1-3H3,(H,41,42)/t23?,24-,25-,26+,27?,28?,29+,30-,32?,33-,34+/m0/s1. The van der Waals surface area contributed by atoms with Gasteiger partial charge in [-0.2, -0.15) is 0 Å². The first-order chi connectivity index (χ1) is 20.1. The summed E-state index contributed by atoms with van der Waals surface area (Å²) in [5, 5.41) is 43.6. The van der Waals surface area contributed by atoms with Gasteiger partial charge in [-0.15, -0.1) is 0 Å². The number of aliphatic hydroxyl groups is 2. The second-order valence-corrected chi connectivity index (χ2v) is 15.1. The fourth-order valence-electron chi connectivity index (χ4n) is 10.4. The topological polar surface area (TPSA) is 140 Å². The maximum Gasteiger partial charge on any atom is 0.303 e. The number of nitrogens with two attached hydrogens (primary N) is 1. The van der Waals surface area contributed by atoms with E-state index >= 15 is 0 Å². The molecule has 0 bridgehead atoms. The zero-order chi connectivity index (χ0) is 30.3. The monoisotopic (exact) mass is 592 g/mol. The molecular weight excluding hydrogens is 528 g/mol. The highest BCUT2D eigenvalue weighted by Crippen LogP contribution is 2.68. The van der Waals surface area contributed by atoms with Crippen LogP contribution in [0.3, 0.4) is 0 Å². The van der Waals surface area contributed by atoms with Gasteiger partial charge in [-0.25, -0.2) is 0 Å². The smallest absolute Gasteiger partial charge is 0.303 e. The molecule has 4 unspecified atom stereocenters. The van der Waals surface area contributed by atoms with Crippen LogP contribution in [0.25, 0.3) is 0 Å². The van der Waals surface area contributed by atoms with Gasteiger partial charge in [0.2, 0.25) is 0 Å². The average molecular weight is 593 g/mol. The lowest BCUT2D eigenvalue weighted by molar-refractivity contribution is -0.202. The quantitative estimate of drug-likeness (QED) is 0.127. The van der Waals surface area contributed by atoms with E-state index < -0.39 is 5.97 Å². The van der Waals surface area contributed by atoms with Crippen LogP contribution < -0.4 is 21.7 Å². The lowest BCUT2D eigenvalue weighted by Gasteiger charge is -2.63. The number of rotatable bonds is 17. The number of fused-ring (bicyclic) bond motifs is 5. The van der Waals surface area contributed by atoms with Crippen LogP contribution >= 0.6 is 0 Å². The molecule has 0 spiro atoms. The molecule has 0 radical (unpaired) electrons. The molecule has 4 rings (SSSR count). The molecular formula is C34H64N4O4. The Labute approximate surface area is 255 Å². The van der Waals surface area contributed by atoms with E-state index in [4.69, 9.17) is 5.73 Å². The number of aliphatic carboxylic acids is 1. The van der Waals surface area contributed by atoms with Gasteiger partial charge in [0.15, 0.2) is 0 Å². The van der Waals surface area contributed by atoms with Crippen LogP contribution in [0.4, 0.5) is 0 Å². The average Bonchev–Trinajstić information content (AvgIpc) is 3.32. The number of carbonyl (C=O) groups is 1. The summed E-state index contributed by atoms with van der Waals surface area (Å²) in [6.45, 7) is 13.0. The number of hydrogen-bond donors (Lipinski definition) is 7. The summed E-state index contributed by atoms with van der Waals surface area (Å²) in [6, 6.07) is 0.524. The van der Waals surface area contributed by atoms with Crippen molar-refractivity contribution in [2.75, 3.05) is 39.3 Å². The lowest BCUT2D eigenvalue weighted by Crippen LogP contribution is -2.62. The van der Waals surface area contributed by atoms with Gasteiger partial charge in [0.1, 0.15) is 0 Å². The Kier molecular flexibility index (Phi) is 12.6. The molecule has 244 valence electrons. The molecule has 8 nitrogen and oxygen atoms in total. The maximum atomic E-state index is 11.8. The van der Waals surface area contributed by atoms with Gasteiger partial charge in [0.25, 0.3) is 0 Å². The molecule has 0 aromatic rings. The van der Waals surface area contributed by atoms with Crippen molar-refractivity contribution in [3.8, 4) is 0 Å². The number of aliphatic hydroxyl groups excluding tert-OH is 2. The van der Waals surface area contributed by atoms with Crippen LogP contribution in [0.1, 0.15) is 104 Å². The highest BCUT2D eigenvalue weighted by atomic mass is 16.4. The minimum Gasteiger partial charge on any atom is -0.481 e. The summed E-state index contributed by atoms with van der Waals surface area (Å²) in [7, 11) is 0. The molecule has 42 heavy (non-hydrogen) atoms. The molecule has 0 aromatic carbocycles. The highest BCUT2D eigenvalue weighted by Gasteiger charge is 2.65. The third kappa shape index (κ3) is 7.54. The summed E-state index contributed by atoms with van der Waals surface area (Å²) < 4.78 is 0. The van der Waals surface area contributed by atoms with Crippen LogP contribution in [0.2, 0.25) is 0 Å². The first-order valence-corrected chi connectivity index (χ1v) is 17.6. The Morgan fingerprint density at radius 2 is 1.60 bits per heavy atom. The number of hydrogen-bond acceptors (Lipinski definition) is 7. The van der Waals surface area contributed by atoms with E-state index in [2.05, 4.69) is 36.7 Å². The molecule has 4 saturated carbocycles. The van der Waals surface area contributed by atoms with Crippen molar-refractivity contribution in [1.29, 1.82) is 0 Å². The maximum absolute atomic E-state index is 11.8. The van der Waals surface area contributed by atoms with Crippen molar-refractivity contribution in [2.24, 2.45) is 52.1 Å². The van der Waals surface area contributed by atoms with Crippen LogP contribution in [0, 0.1) is 46.3 Å². The molecule has 4 aliphatic rings. The van der Waals surface area contributed by atoms with E-state index in [1.54, 1.807) is 0 Å². The van der Waals surface area contributed by atoms with Crippen LogP contribution in [0.15, 0.2) is 0 Å². The number of carboxylic acid groups (broad SMARTS) is 1. The van der Waals surface area contributed by atoms with E-state index in [-0.39, 0.29) is 41.3 Å². The molecule has 0 amide bonds. The van der Waals surface area contributed by atoms with E-state index in [9.17, 15) is 20.1 Å². The van der Waals surface area contributed by atoms with Crippen LogP contribution in [0.5, 0.6) is 0 Å². The van der Waals surface area contributed by atoms with Crippen molar-refractivity contribution in [3.05, 3.63) is 0 Å². The number of unbranched alkanes of at least 4 members (excludes halogenated alkanes) is 1. The molecule has 4 fully saturated rings. The Morgan fingerprint density at radius 3 is 2.29 bits per heavy atom. The predicted octanol–water partition coefficient (Wildman–Crippen LogP) is 3.74. The van der Waals surface area contributed by atoms with E-state index in [1.807, 2.05) is 0 Å². The van der Waals surface area contributed by atoms with Gasteiger partial charge in [-0.05, 0) is 163 Å². The van der Waals surface area contributed by atoms with Crippen molar-refractivity contribution >= 4 is 5.97 Å². The second kappa shape index (κ2) is 15.5. The Balaban J connectivity index is 1.23. The Hall–Kier alpha value is -0.770. The Morgan fingerprint density at radius 1 is 0.905 bits per heavy atom. The fraction of sp³-hybridized carbons (Fsp3) is 0.971. The molecule has 0 aromatic heterocycles. The first kappa shape index (κ1) is 34.1. The van der Waals surface area contributed by atoms with E-state index in [1.165, 1.54) is 25.7 Å². The van der Waals surface area contributed by atoms with Crippen molar-refractivity contribution in [2.45, 2.75) is 122 Å². The zero-order valence-corrected chi connectivity index (χ0v) is 27.0. The molecule has 4 aliphatic carbocycles.